The lowest BCUT2D eigenvalue weighted by Gasteiger charge is -2.30. The van der Waals surface area contributed by atoms with Crippen molar-refractivity contribution in [3.05, 3.63) is 72.4 Å². The number of aromatic nitrogens is 4. The van der Waals surface area contributed by atoms with Gasteiger partial charge in [0.25, 0.3) is 0 Å². The van der Waals surface area contributed by atoms with Crippen molar-refractivity contribution in [2.75, 3.05) is 26.4 Å². The van der Waals surface area contributed by atoms with Crippen molar-refractivity contribution in [3.63, 3.8) is 0 Å². The van der Waals surface area contributed by atoms with Gasteiger partial charge in [-0.15, -0.1) is 0 Å². The molecule has 5 N–H and O–H groups in total. The van der Waals surface area contributed by atoms with Gasteiger partial charge in [0.15, 0.2) is 0 Å². The number of halogens is 1. The number of carbonyl (C=O) groups is 4. The maximum Gasteiger partial charge on any atom is 0.407 e. The van der Waals surface area contributed by atoms with Crippen LogP contribution in [0.2, 0.25) is 18.1 Å². The Bertz CT molecular complexity index is 2450. The van der Waals surface area contributed by atoms with Crippen LogP contribution in [0.25, 0.3) is 44.2 Å². The van der Waals surface area contributed by atoms with Gasteiger partial charge in [-0.25, -0.2) is 19.2 Å². The lowest BCUT2D eigenvalue weighted by Crippen LogP contribution is -2.52. The van der Waals surface area contributed by atoms with Gasteiger partial charge in [-0.05, 0) is 52.1 Å². The number of rotatable bonds is 11. The van der Waals surface area contributed by atoms with E-state index in [4.69, 9.17) is 14.7 Å². The molecule has 3 saturated heterocycles. The summed E-state index contributed by atoms with van der Waals surface area (Å²) in [6, 6.07) is 19.4. The van der Waals surface area contributed by atoms with Crippen molar-refractivity contribution in [1.82, 2.24) is 40.4 Å². The highest BCUT2D eigenvalue weighted by Gasteiger charge is 2.51. The molecular formula is C45H55FN8O6Si. The van der Waals surface area contributed by atoms with E-state index in [1.807, 2.05) is 49.2 Å². The van der Waals surface area contributed by atoms with Crippen LogP contribution in [0.15, 0.2) is 60.8 Å². The van der Waals surface area contributed by atoms with Crippen LogP contribution in [0.3, 0.4) is 0 Å². The fraction of sp³-hybridized carbons (Fsp3) is 0.467. The summed E-state index contributed by atoms with van der Waals surface area (Å²) in [6.07, 6.45) is 3.25. The molecule has 5 atom stereocenters. The topological polar surface area (TPSA) is 186 Å². The molecule has 3 aromatic carbocycles. The summed E-state index contributed by atoms with van der Waals surface area (Å²) in [4.78, 5) is 72.1. The quantitative estimate of drug-likeness (QED) is 0.0925. The molecule has 5 heterocycles. The van der Waals surface area contributed by atoms with E-state index >= 15 is 0 Å². The van der Waals surface area contributed by atoms with Crippen LogP contribution in [0, 0.1) is 11.8 Å². The van der Waals surface area contributed by atoms with Crippen LogP contribution < -0.4 is 10.6 Å². The largest absolute Gasteiger partial charge is 0.453 e. The number of fused-ring (bicyclic) bond motifs is 3. The monoisotopic (exact) mass is 850 g/mol. The number of alkyl halides is 1. The number of amides is 4. The van der Waals surface area contributed by atoms with E-state index in [-0.39, 0.29) is 36.8 Å². The van der Waals surface area contributed by atoms with Crippen LogP contribution in [-0.4, -0.2) is 111 Å². The van der Waals surface area contributed by atoms with E-state index in [1.54, 1.807) is 13.8 Å². The molecule has 2 aromatic heterocycles. The maximum atomic E-state index is 15.0. The maximum absolute atomic E-state index is 15.0. The minimum Gasteiger partial charge on any atom is -0.453 e. The third-order valence-corrected chi connectivity index (χ3v) is 18.1. The van der Waals surface area contributed by atoms with Gasteiger partial charge >= 0.3 is 6.09 Å². The molecule has 61 heavy (non-hydrogen) atoms. The number of hydrogen-bond donors (Lipinski definition) is 5. The number of imidazole rings is 2. The summed E-state index contributed by atoms with van der Waals surface area (Å²) >= 11 is 0. The van der Waals surface area contributed by atoms with Crippen molar-refractivity contribution in [3.8, 4) is 22.4 Å². The number of ether oxygens (including phenoxy) is 1. The summed E-state index contributed by atoms with van der Waals surface area (Å²) in [5.41, 5.74) is 5.36. The van der Waals surface area contributed by atoms with Crippen LogP contribution >= 0.6 is 0 Å². The van der Waals surface area contributed by atoms with E-state index in [0.29, 0.717) is 5.82 Å². The van der Waals surface area contributed by atoms with Crippen molar-refractivity contribution < 1.29 is 33.4 Å². The SMILES string of the molecule is COC(=O)N[C@H](C(=O)N1C[Si]2(CCCC2)C[C@H]1c1ncc(-c2ccc(-c3ccc4c(ccc5[nH]c([C@@H]6C[C@@H](F)CN6C(=O)[C@@H](NC(=O)CO)C(C)C)nc54)c3)cc2)[nH]1)C(C)C. The Kier molecular flexibility index (Phi) is 11.8. The number of hydrogen-bond acceptors (Lipinski definition) is 8. The first kappa shape index (κ1) is 42.1. The number of aromatic amines is 2. The summed E-state index contributed by atoms with van der Waals surface area (Å²) in [6.45, 7) is 6.60. The second-order valence-electron chi connectivity index (χ2n) is 17.8. The second-order valence-corrected chi connectivity index (χ2v) is 22.5. The minimum absolute atomic E-state index is 0.0815. The van der Waals surface area contributed by atoms with E-state index in [1.165, 1.54) is 36.9 Å². The molecular weight excluding hydrogens is 796 g/mol. The number of aliphatic hydroxyl groups excluding tert-OH is 1. The van der Waals surface area contributed by atoms with Crippen molar-refractivity contribution in [2.24, 2.45) is 11.8 Å². The molecule has 4 amide bonds. The lowest BCUT2D eigenvalue weighted by molar-refractivity contribution is -0.139. The highest BCUT2D eigenvalue weighted by atomic mass is 28.3. The average molecular weight is 851 g/mol. The van der Waals surface area contributed by atoms with E-state index < -0.39 is 56.9 Å². The van der Waals surface area contributed by atoms with Crippen LogP contribution in [-0.2, 0) is 19.1 Å². The molecule has 3 aliphatic rings. The number of aliphatic hydroxyl groups is 1. The Balaban J connectivity index is 1.01. The molecule has 0 saturated carbocycles. The van der Waals surface area contributed by atoms with Gasteiger partial charge in [-0.3, -0.25) is 14.4 Å². The molecule has 3 aliphatic heterocycles. The number of alkyl carbamates (subject to hydrolysis) is 1. The Morgan fingerprint density at radius 3 is 2.23 bits per heavy atom. The molecule has 322 valence electrons. The number of nitrogens with zero attached hydrogens (tertiary/aromatic N) is 4. The molecule has 3 fully saturated rings. The first-order valence-electron chi connectivity index (χ1n) is 21.4. The van der Waals surface area contributed by atoms with E-state index in [2.05, 4.69) is 50.9 Å². The summed E-state index contributed by atoms with van der Waals surface area (Å²) in [5.74, 6) is -0.284. The molecule has 14 nitrogen and oxygen atoms in total. The Hall–Kier alpha value is -5.61. The van der Waals surface area contributed by atoms with Crippen LogP contribution in [0.5, 0.6) is 0 Å². The predicted molar refractivity (Wildman–Crippen MR) is 232 cm³/mol. The zero-order valence-corrected chi connectivity index (χ0v) is 36.3. The first-order valence-corrected chi connectivity index (χ1v) is 24.2. The summed E-state index contributed by atoms with van der Waals surface area (Å²) < 4.78 is 19.8. The third-order valence-electron chi connectivity index (χ3n) is 13.0. The number of nitrogens with one attached hydrogen (secondary N) is 4. The highest BCUT2D eigenvalue weighted by molar-refractivity contribution is 6.81. The number of methoxy groups -OCH3 is 1. The van der Waals surface area contributed by atoms with E-state index in [0.717, 1.165) is 62.2 Å². The Morgan fingerprint density at radius 2 is 1.54 bits per heavy atom. The van der Waals surface area contributed by atoms with Gasteiger partial charge in [0.2, 0.25) is 17.7 Å². The lowest BCUT2D eigenvalue weighted by atomic mass is 9.99. The molecule has 5 aromatic rings. The molecule has 8 rings (SSSR count). The average Bonchev–Trinajstić information content (AvgIpc) is 4.12. The van der Waals surface area contributed by atoms with Crippen molar-refractivity contribution in [2.45, 2.75) is 95.4 Å². The molecule has 0 unspecified atom stereocenters. The third kappa shape index (κ3) is 8.26. The van der Waals surface area contributed by atoms with Gasteiger partial charge in [0, 0.05) is 18.0 Å². The zero-order chi connectivity index (χ0) is 43.2. The van der Waals surface area contributed by atoms with Gasteiger partial charge < -0.3 is 40.2 Å². The standard InChI is InChI=1S/C45H55FN8O6Si/c1-25(2)38(50-37(56)22-55)43(57)53-21-31(46)19-35(53)42-48-33-15-13-30-18-29(12-14-32(30)40(33)51-42)27-8-10-28(11-9-27)34-20-47-41(49-34)36-23-61(16-6-7-17-61)24-54(36)44(58)39(26(3)4)52-45(59)60-5/h8-15,18,20,25-26,31,35-36,38-39,55H,6-7,16-17,19,21-24H2,1-5H3,(H,47,49)(H,48,51)(H,50,56)(H,52,59)/t31-,35+,36+,38+,39+/m1/s1. The fourth-order valence-corrected chi connectivity index (χ4v) is 15.2. The number of H-pyrrole nitrogens is 2. The van der Waals surface area contributed by atoms with Gasteiger partial charge in [-0.2, -0.15) is 0 Å². The second kappa shape index (κ2) is 17.0. The van der Waals surface area contributed by atoms with Crippen molar-refractivity contribution >= 4 is 53.7 Å². The zero-order valence-electron chi connectivity index (χ0n) is 35.3. The van der Waals surface area contributed by atoms with Gasteiger partial charge in [0.05, 0.1) is 56.7 Å². The van der Waals surface area contributed by atoms with Gasteiger partial charge in [-0.1, -0.05) is 95.1 Å². The number of likely N-dealkylation sites (tertiary alicyclic amines) is 1. The minimum atomic E-state index is -1.70. The van der Waals surface area contributed by atoms with Crippen LogP contribution in [0.1, 0.15) is 70.7 Å². The molecule has 1 spiro atoms. The molecule has 16 heteroatoms. The first-order chi connectivity index (χ1) is 29.3. The molecule has 0 bridgehead atoms. The van der Waals surface area contributed by atoms with Gasteiger partial charge in [0.1, 0.15) is 36.5 Å². The predicted octanol–water partition coefficient (Wildman–Crippen LogP) is 6.56. The highest BCUT2D eigenvalue weighted by Crippen LogP contribution is 2.46. The van der Waals surface area contributed by atoms with Crippen LogP contribution in [0.4, 0.5) is 9.18 Å². The smallest absolute Gasteiger partial charge is 0.407 e. The summed E-state index contributed by atoms with van der Waals surface area (Å²) in [7, 11) is -0.390. The number of benzene rings is 3. The van der Waals surface area contributed by atoms with Crippen molar-refractivity contribution in [1.29, 1.82) is 0 Å². The molecule has 0 radical (unpaired) electrons. The number of carbonyl (C=O) groups excluding carboxylic acids is 4. The fourth-order valence-electron chi connectivity index (χ4n) is 9.75. The Labute approximate surface area is 355 Å². The molecule has 0 aliphatic carbocycles. The Morgan fingerprint density at radius 1 is 0.869 bits per heavy atom. The van der Waals surface area contributed by atoms with E-state index in [9.17, 15) is 28.7 Å². The normalized spacial score (nSPS) is 20.9. The summed E-state index contributed by atoms with van der Waals surface area (Å²) in [5, 5.41) is 16.5.